The largest absolute Gasteiger partial charge is 0.636 e. The Kier molecular flexibility index (Phi) is 11.9. The summed E-state index contributed by atoms with van der Waals surface area (Å²) in [5.74, 6) is -96.4. The zero-order chi connectivity index (χ0) is 50.9. The van der Waals surface area contributed by atoms with Crippen molar-refractivity contribution in [3.8, 4) is 33.8 Å². The molecule has 2 nitrogen and oxygen atoms in total. The fourth-order valence-corrected chi connectivity index (χ4v) is 6.52. The van der Waals surface area contributed by atoms with E-state index in [4.69, 9.17) is 0 Å². The molecule has 0 heterocycles. The number of hydrogen-bond acceptors (Lipinski definition) is 2. The molecule has 7 aromatic rings. The van der Waals surface area contributed by atoms with Crippen LogP contribution in [0.25, 0.3) is 43.8 Å². The number of benzene rings is 7. The molecule has 0 spiro atoms. The SMILES string of the molecule is Fc1c(F)c(F)c(-c2c(F)c(F)c(F)c(F)c2OB(Oc2c(F)c(F)c(F)c(F)c2-c2c(F)c(F)c(F)c(F)c2F)c2c(F)c(F)c(F)c3c(F)c4c(F)c(F)c(F)c(F)c4c(F)c23)c(F)c1F. The molecule has 7 rings (SSSR count). The van der Waals surface area contributed by atoms with Gasteiger partial charge in [-0.2, -0.15) is 8.78 Å². The van der Waals surface area contributed by atoms with E-state index >= 15 is 61.5 Å². The third-order valence-electron chi connectivity index (χ3n) is 9.56. The topological polar surface area (TPSA) is 18.5 Å². The minimum atomic E-state index is -4.80. The van der Waals surface area contributed by atoms with E-state index < -0.39 is 225 Å². The Balaban J connectivity index is 1.74. The highest BCUT2D eigenvalue weighted by Crippen LogP contribution is 2.46. The van der Waals surface area contributed by atoms with E-state index in [2.05, 4.69) is 9.31 Å². The van der Waals surface area contributed by atoms with Crippen molar-refractivity contribution in [2.24, 2.45) is 0 Å². The van der Waals surface area contributed by atoms with Crippen molar-refractivity contribution >= 4 is 34.1 Å². The lowest BCUT2D eigenvalue weighted by Gasteiger charge is -2.25. The van der Waals surface area contributed by atoms with Crippen molar-refractivity contribution in [1.29, 1.82) is 0 Å². The maximum Gasteiger partial charge on any atom is 0.636 e. The summed E-state index contributed by atoms with van der Waals surface area (Å²) in [6, 6.07) is 0. The molecule has 0 saturated carbocycles. The fraction of sp³-hybridized carbons (Fsp3) is 0. The molecule has 7 aromatic carbocycles. The standard InChI is InChI=1S/C38BF27O2/c40-10-1-2(11(41)4-3(10)13(43)23(53)24(54)14(4)44)12(42)22(52)21(51)9(1)39(67-37-7(19(49)29(59)33(63)35(37)65)5-15(45)25(55)31(61)26(56)16(5)46)68-38-8(20(50)30(60)34(64)36(38)66)6-17(47)27(57)32(62)28(58)18(6)48. The molecule has 0 radical (unpaired) electrons. The monoisotopic (exact) mass is 1010 g/mol. The van der Waals surface area contributed by atoms with Crippen LogP contribution in [0.4, 0.5) is 119 Å². The van der Waals surface area contributed by atoms with Crippen LogP contribution >= 0.6 is 0 Å². The second-order valence-corrected chi connectivity index (χ2v) is 13.1. The predicted octanol–water partition coefficient (Wildman–Crippen LogP) is 12.9. The summed E-state index contributed by atoms with van der Waals surface area (Å²) in [7, 11) is -4.80. The smallest absolute Gasteiger partial charge is 0.519 e. The van der Waals surface area contributed by atoms with Crippen LogP contribution in [0.15, 0.2) is 0 Å². The van der Waals surface area contributed by atoms with Crippen molar-refractivity contribution in [3.63, 3.8) is 0 Å². The Labute approximate surface area is 353 Å². The number of hydrogen-bond donors (Lipinski definition) is 0. The first kappa shape index (κ1) is 48.8. The maximum atomic E-state index is 16.5. The van der Waals surface area contributed by atoms with Gasteiger partial charge in [0.15, 0.2) is 122 Å². The summed E-state index contributed by atoms with van der Waals surface area (Å²) in [4.78, 5) is 0. The first-order chi connectivity index (χ1) is 31.6. The Morgan fingerprint density at radius 1 is 0.176 bits per heavy atom. The van der Waals surface area contributed by atoms with Gasteiger partial charge in [0.2, 0.25) is 34.9 Å². The molecule has 0 bridgehead atoms. The molecule has 0 aliphatic carbocycles. The number of halogens is 27. The molecule has 0 aliphatic rings. The first-order valence-electron chi connectivity index (χ1n) is 16.8. The third-order valence-corrected chi connectivity index (χ3v) is 9.56. The average Bonchev–Trinajstić information content (AvgIpc) is 3.31. The van der Waals surface area contributed by atoms with E-state index in [-0.39, 0.29) is 0 Å². The van der Waals surface area contributed by atoms with Gasteiger partial charge in [0.1, 0.15) is 11.6 Å². The molecule has 30 heteroatoms. The molecule has 68 heavy (non-hydrogen) atoms. The first-order valence-corrected chi connectivity index (χ1v) is 16.8. The minimum absolute atomic E-state index is 2.62. The van der Waals surface area contributed by atoms with Gasteiger partial charge in [-0.3, -0.25) is 0 Å². The molecule has 0 saturated heterocycles. The number of rotatable bonds is 7. The lowest BCUT2D eigenvalue weighted by Crippen LogP contribution is -2.47. The van der Waals surface area contributed by atoms with Gasteiger partial charge in [0.25, 0.3) is 0 Å². The zero-order valence-corrected chi connectivity index (χ0v) is 30.6. The number of fused-ring (bicyclic) bond motifs is 2. The Bertz CT molecular complexity index is 3250. The van der Waals surface area contributed by atoms with Gasteiger partial charge < -0.3 is 9.31 Å². The minimum Gasteiger partial charge on any atom is -0.519 e. The molecular weight excluding hydrogens is 1010 g/mol. The lowest BCUT2D eigenvalue weighted by atomic mass is 9.73. The maximum absolute atomic E-state index is 16.5. The van der Waals surface area contributed by atoms with Crippen molar-refractivity contribution in [2.75, 3.05) is 0 Å². The van der Waals surface area contributed by atoms with E-state index in [0.717, 1.165) is 0 Å². The second-order valence-electron chi connectivity index (χ2n) is 13.1. The molecular formula is C38BF27O2. The molecule has 0 amide bonds. The van der Waals surface area contributed by atoms with E-state index in [1.807, 2.05) is 0 Å². The van der Waals surface area contributed by atoms with Crippen LogP contribution in [-0.2, 0) is 0 Å². The van der Waals surface area contributed by atoms with Gasteiger partial charge in [-0.15, -0.1) is 0 Å². The zero-order valence-electron chi connectivity index (χ0n) is 30.6. The van der Waals surface area contributed by atoms with Crippen LogP contribution in [0.3, 0.4) is 0 Å². The van der Waals surface area contributed by atoms with E-state index in [0.29, 0.717) is 0 Å². The summed E-state index contributed by atoms with van der Waals surface area (Å²) in [5.41, 5.74) is -15.4. The van der Waals surface area contributed by atoms with E-state index in [1.165, 1.54) is 0 Å². The Morgan fingerprint density at radius 3 is 0.691 bits per heavy atom. The van der Waals surface area contributed by atoms with Crippen LogP contribution in [-0.4, -0.2) is 7.12 Å². The van der Waals surface area contributed by atoms with E-state index in [1.54, 1.807) is 0 Å². The highest BCUT2D eigenvalue weighted by molar-refractivity contribution is 6.66. The van der Waals surface area contributed by atoms with Gasteiger partial charge in [0, 0.05) is 5.39 Å². The molecule has 0 atom stereocenters. The fourth-order valence-electron chi connectivity index (χ4n) is 6.52. The van der Waals surface area contributed by atoms with Gasteiger partial charge in [-0.05, 0) is 0 Å². The van der Waals surface area contributed by atoms with Crippen LogP contribution in [0.1, 0.15) is 0 Å². The summed E-state index contributed by atoms with van der Waals surface area (Å²) in [6.45, 7) is 0. The molecule has 0 fully saturated rings. The summed E-state index contributed by atoms with van der Waals surface area (Å²) in [6.07, 6.45) is 0. The van der Waals surface area contributed by atoms with Gasteiger partial charge in [-0.25, -0.2) is 110 Å². The average molecular weight is 1010 g/mol. The summed E-state index contributed by atoms with van der Waals surface area (Å²) >= 11 is 0. The van der Waals surface area contributed by atoms with Crippen LogP contribution in [0.5, 0.6) is 11.5 Å². The Morgan fingerprint density at radius 2 is 0.382 bits per heavy atom. The van der Waals surface area contributed by atoms with Crippen LogP contribution in [0, 0.1) is 157 Å². The van der Waals surface area contributed by atoms with Crippen LogP contribution in [0.2, 0.25) is 0 Å². The molecule has 0 unspecified atom stereocenters. The highest BCUT2D eigenvalue weighted by atomic mass is 19.2. The van der Waals surface area contributed by atoms with Crippen molar-refractivity contribution in [3.05, 3.63) is 157 Å². The quantitative estimate of drug-likeness (QED) is 0.0521. The van der Waals surface area contributed by atoms with Crippen molar-refractivity contribution in [2.45, 2.75) is 0 Å². The van der Waals surface area contributed by atoms with Gasteiger partial charge in [0.05, 0.1) is 43.9 Å². The normalized spacial score (nSPS) is 11.8. The molecule has 0 aliphatic heterocycles. The highest BCUT2D eigenvalue weighted by Gasteiger charge is 2.46. The Hall–Kier alpha value is -7.17. The lowest BCUT2D eigenvalue weighted by molar-refractivity contribution is 0.352. The summed E-state index contributed by atoms with van der Waals surface area (Å²) < 4.78 is 415. The summed E-state index contributed by atoms with van der Waals surface area (Å²) in [5, 5.41) is -11.1. The van der Waals surface area contributed by atoms with Gasteiger partial charge >= 0.3 is 7.12 Å². The molecule has 0 aromatic heterocycles. The van der Waals surface area contributed by atoms with Crippen molar-refractivity contribution in [1.82, 2.24) is 0 Å². The predicted molar refractivity (Wildman–Crippen MR) is 171 cm³/mol. The van der Waals surface area contributed by atoms with Crippen LogP contribution < -0.4 is 14.8 Å². The van der Waals surface area contributed by atoms with Gasteiger partial charge in [-0.1, -0.05) is 0 Å². The molecule has 0 N–H and O–H groups in total. The van der Waals surface area contributed by atoms with E-state index in [9.17, 15) is 57.1 Å². The van der Waals surface area contributed by atoms with Crippen molar-refractivity contribution < 1.29 is 128 Å². The second kappa shape index (κ2) is 16.6. The molecule has 356 valence electrons. The third kappa shape index (κ3) is 6.59.